The summed E-state index contributed by atoms with van der Waals surface area (Å²) >= 11 is 6.73. The third-order valence-electron chi connectivity index (χ3n) is 10.6. The van der Waals surface area contributed by atoms with Gasteiger partial charge < -0.3 is 34.4 Å². The van der Waals surface area contributed by atoms with E-state index in [1.165, 1.54) is 26.1 Å². The Morgan fingerprint density at radius 1 is 0.942 bits per heavy atom. The summed E-state index contributed by atoms with van der Waals surface area (Å²) in [6.07, 6.45) is 11.4. The van der Waals surface area contributed by atoms with Gasteiger partial charge in [0.05, 0.1) is 19.3 Å². The summed E-state index contributed by atoms with van der Waals surface area (Å²) in [5.74, 6) is -1.05. The number of carbonyl (C=O) groups excluding carboxylic acids is 3. The highest BCUT2D eigenvalue weighted by Gasteiger charge is 2.41. The Balaban J connectivity index is 1.21. The van der Waals surface area contributed by atoms with Crippen molar-refractivity contribution in [2.24, 2.45) is 5.41 Å². The minimum Gasteiger partial charge on any atom is -0.489 e. The molecule has 3 fully saturated rings. The number of aliphatic hydroxyl groups is 1. The van der Waals surface area contributed by atoms with Crippen LogP contribution in [0, 0.1) is 5.41 Å². The van der Waals surface area contributed by atoms with E-state index < -0.39 is 24.6 Å². The van der Waals surface area contributed by atoms with Crippen LogP contribution in [0.15, 0.2) is 30.6 Å². The molecule has 0 saturated carbocycles. The predicted molar refractivity (Wildman–Crippen MR) is 194 cm³/mol. The lowest BCUT2D eigenvalue weighted by Gasteiger charge is -2.48. The molecule has 3 N–H and O–H groups in total. The number of rotatable bonds is 16. The van der Waals surface area contributed by atoms with Gasteiger partial charge in [-0.2, -0.15) is 0 Å². The van der Waals surface area contributed by atoms with Gasteiger partial charge in [-0.1, -0.05) is 11.6 Å². The van der Waals surface area contributed by atoms with Gasteiger partial charge in [-0.15, -0.1) is 0 Å². The van der Waals surface area contributed by atoms with Gasteiger partial charge in [0.2, 0.25) is 11.8 Å². The lowest BCUT2D eigenvalue weighted by Crippen LogP contribution is -2.54. The molecule has 2 amide bonds. The first kappa shape index (κ1) is 39.4. The normalized spacial score (nSPS) is 19.8. The minimum absolute atomic E-state index is 0.0374. The number of piperidine rings is 2. The molecule has 4 heterocycles. The molecule has 3 aliphatic heterocycles. The zero-order valence-corrected chi connectivity index (χ0v) is 30.9. The largest absolute Gasteiger partial charge is 0.489 e. The highest BCUT2D eigenvalue weighted by Crippen LogP contribution is 2.39. The number of likely N-dealkylation sites (tertiary alicyclic amines) is 3. The molecule has 1 spiro atoms. The number of esters is 1. The molecule has 1 aromatic carbocycles. The summed E-state index contributed by atoms with van der Waals surface area (Å²) in [6.45, 7) is 5.58. The molecule has 2 aromatic rings. The second-order valence-electron chi connectivity index (χ2n) is 14.4. The number of pyridine rings is 1. The number of aliphatic carboxylic acids is 1. The molecule has 13 nitrogen and oxygen atoms in total. The third-order valence-corrected chi connectivity index (χ3v) is 10.9. The number of benzene rings is 1. The molecule has 0 radical (unpaired) electrons. The number of amides is 2. The Kier molecular flexibility index (Phi) is 14.3. The number of carbonyl (C=O) groups is 4. The van der Waals surface area contributed by atoms with E-state index in [2.05, 4.69) is 15.2 Å². The molecule has 0 bridgehead atoms. The van der Waals surface area contributed by atoms with Gasteiger partial charge in [-0.3, -0.25) is 24.7 Å². The highest BCUT2D eigenvalue weighted by molar-refractivity contribution is 6.31. The van der Waals surface area contributed by atoms with Crippen molar-refractivity contribution < 1.29 is 38.9 Å². The molecule has 3 saturated heterocycles. The van der Waals surface area contributed by atoms with Crippen LogP contribution in [0.1, 0.15) is 84.8 Å². The van der Waals surface area contributed by atoms with E-state index in [1.807, 2.05) is 9.80 Å². The molecular weight excluding hydrogens is 690 g/mol. The van der Waals surface area contributed by atoms with Crippen LogP contribution in [-0.2, 0) is 38.7 Å². The van der Waals surface area contributed by atoms with Crippen LogP contribution >= 0.6 is 11.6 Å². The summed E-state index contributed by atoms with van der Waals surface area (Å²) < 4.78 is 11.0. The number of aromatic nitrogens is 1. The Labute approximate surface area is 310 Å². The Bertz CT molecular complexity index is 1570. The first-order chi connectivity index (χ1) is 25.1. The summed E-state index contributed by atoms with van der Waals surface area (Å²) in [6, 6.07) is 3.86. The number of methoxy groups -OCH3 is 1. The topological polar surface area (TPSA) is 162 Å². The molecule has 2 unspecified atom stereocenters. The van der Waals surface area contributed by atoms with Crippen molar-refractivity contribution in [3.8, 4) is 5.75 Å². The van der Waals surface area contributed by atoms with Crippen molar-refractivity contribution in [1.82, 2.24) is 25.0 Å². The van der Waals surface area contributed by atoms with Crippen LogP contribution in [-0.4, -0.2) is 119 Å². The van der Waals surface area contributed by atoms with Crippen molar-refractivity contribution in [3.05, 3.63) is 57.9 Å². The first-order valence-corrected chi connectivity index (χ1v) is 18.8. The second kappa shape index (κ2) is 18.8. The van der Waals surface area contributed by atoms with E-state index in [0.29, 0.717) is 59.9 Å². The summed E-state index contributed by atoms with van der Waals surface area (Å²) in [5, 5.41) is 22.1. The summed E-state index contributed by atoms with van der Waals surface area (Å²) in [4.78, 5) is 60.9. The lowest BCUT2D eigenvalue weighted by molar-refractivity contribution is -0.141. The number of hydrogen-bond acceptors (Lipinski definition) is 10. The molecule has 3 aliphatic rings. The molecule has 14 heteroatoms. The summed E-state index contributed by atoms with van der Waals surface area (Å²) in [7, 11) is 1.29. The number of hydrogen-bond donors (Lipinski definition) is 3. The maximum absolute atomic E-state index is 13.7. The van der Waals surface area contributed by atoms with Crippen molar-refractivity contribution in [1.29, 1.82) is 0 Å². The van der Waals surface area contributed by atoms with Crippen LogP contribution in [0.2, 0.25) is 5.02 Å². The molecular formula is C38H52ClN5O8. The fraction of sp³-hybridized carbons (Fsp3) is 0.605. The van der Waals surface area contributed by atoms with Gasteiger partial charge in [0.25, 0.3) is 0 Å². The SMILES string of the molecule is COC(=O)c1cncc(COc2cc(CCC(=O)N3CCCC4(CCCN(C(=O)CCCN5CCCC5)C4)C3)c(Cl)cc2CNC(CO)C(=O)O)c1. The van der Waals surface area contributed by atoms with Gasteiger partial charge in [0, 0.05) is 79.5 Å². The molecule has 1 aromatic heterocycles. The fourth-order valence-electron chi connectivity index (χ4n) is 7.71. The monoisotopic (exact) mass is 741 g/mol. The smallest absolute Gasteiger partial charge is 0.339 e. The van der Waals surface area contributed by atoms with E-state index in [4.69, 9.17) is 21.1 Å². The van der Waals surface area contributed by atoms with E-state index >= 15 is 0 Å². The summed E-state index contributed by atoms with van der Waals surface area (Å²) in [5.41, 5.74) is 2.06. The molecule has 0 aliphatic carbocycles. The number of aryl methyl sites for hydroxylation is 1. The lowest BCUT2D eigenvalue weighted by atomic mass is 9.73. The van der Waals surface area contributed by atoms with E-state index in [0.717, 1.165) is 58.3 Å². The second-order valence-corrected chi connectivity index (χ2v) is 14.8. The number of ether oxygens (including phenoxy) is 2. The van der Waals surface area contributed by atoms with Crippen molar-refractivity contribution in [2.45, 2.75) is 83.4 Å². The molecule has 2 atom stereocenters. The molecule has 52 heavy (non-hydrogen) atoms. The van der Waals surface area contributed by atoms with Crippen LogP contribution in [0.4, 0.5) is 0 Å². The quantitative estimate of drug-likeness (QED) is 0.215. The molecule has 5 rings (SSSR count). The van der Waals surface area contributed by atoms with Crippen molar-refractivity contribution in [3.63, 3.8) is 0 Å². The Morgan fingerprint density at radius 3 is 2.29 bits per heavy atom. The number of nitrogens with one attached hydrogen (secondary N) is 1. The van der Waals surface area contributed by atoms with Crippen LogP contribution in [0.25, 0.3) is 0 Å². The predicted octanol–water partition coefficient (Wildman–Crippen LogP) is 3.68. The first-order valence-electron chi connectivity index (χ1n) is 18.4. The number of carboxylic acids is 1. The maximum Gasteiger partial charge on any atom is 0.339 e. The van der Waals surface area contributed by atoms with E-state index in [9.17, 15) is 29.4 Å². The van der Waals surface area contributed by atoms with Gasteiger partial charge in [-0.25, -0.2) is 4.79 Å². The van der Waals surface area contributed by atoms with E-state index in [1.54, 1.807) is 24.4 Å². The maximum atomic E-state index is 13.7. The standard InChI is InChI=1S/C38H52ClN5O8/c1-51-37(50)30-17-27(20-40-21-30)24-52-33-19-28(31(39)18-29(33)22-41-32(23-45)36(48)49)8-9-35(47)44-16-6-11-38(26-44)10-5-15-43(25-38)34(46)7-4-14-42-12-2-3-13-42/h17-21,32,41,45H,2-16,22-26H2,1H3,(H,48,49). The van der Waals surface area contributed by atoms with Gasteiger partial charge in [0.1, 0.15) is 18.4 Å². The Morgan fingerprint density at radius 2 is 1.63 bits per heavy atom. The average Bonchev–Trinajstić information content (AvgIpc) is 3.67. The molecule has 284 valence electrons. The van der Waals surface area contributed by atoms with Crippen molar-refractivity contribution >= 4 is 35.4 Å². The zero-order valence-electron chi connectivity index (χ0n) is 30.1. The fourth-order valence-corrected chi connectivity index (χ4v) is 7.99. The van der Waals surface area contributed by atoms with Gasteiger partial charge in [-0.05, 0) is 94.8 Å². The average molecular weight is 742 g/mol. The van der Waals surface area contributed by atoms with Gasteiger partial charge in [0.15, 0.2) is 0 Å². The van der Waals surface area contributed by atoms with Crippen LogP contribution in [0.3, 0.4) is 0 Å². The van der Waals surface area contributed by atoms with Crippen molar-refractivity contribution in [2.75, 3.05) is 59.5 Å². The number of carboxylic acid groups (broad SMARTS) is 1. The number of aliphatic hydroxyl groups excluding tert-OH is 1. The number of halogens is 1. The van der Waals surface area contributed by atoms with Gasteiger partial charge >= 0.3 is 11.9 Å². The van der Waals surface area contributed by atoms with Crippen LogP contribution < -0.4 is 10.1 Å². The highest BCUT2D eigenvalue weighted by atomic mass is 35.5. The zero-order chi connectivity index (χ0) is 37.1. The minimum atomic E-state index is -1.20. The van der Waals surface area contributed by atoms with E-state index in [-0.39, 0.29) is 42.4 Å². The third kappa shape index (κ3) is 10.6. The van der Waals surface area contributed by atoms with Crippen LogP contribution in [0.5, 0.6) is 5.75 Å². The Hall–Kier alpha value is -3.78. The number of nitrogens with zero attached hydrogens (tertiary/aromatic N) is 4.